The molecule has 0 aliphatic heterocycles. The average Bonchev–Trinajstić information content (AvgIpc) is 2.76. The monoisotopic (exact) mass is 255 g/mol. The molecule has 0 atom stereocenters. The number of amides is 1. The Labute approximate surface area is 105 Å². The molecule has 1 amide bonds. The van der Waals surface area contributed by atoms with Crippen molar-refractivity contribution in [3.8, 4) is 0 Å². The van der Waals surface area contributed by atoms with Gasteiger partial charge in [-0.1, -0.05) is 13.8 Å². The summed E-state index contributed by atoms with van der Waals surface area (Å²) in [4.78, 5) is 23.5. The lowest BCUT2D eigenvalue weighted by Gasteiger charge is -2.11. The van der Waals surface area contributed by atoms with Gasteiger partial charge in [-0.25, -0.2) is 4.79 Å². The van der Waals surface area contributed by atoms with Crippen molar-refractivity contribution in [3.05, 3.63) is 21.9 Å². The third-order valence-electron chi connectivity index (χ3n) is 2.67. The summed E-state index contributed by atoms with van der Waals surface area (Å²) >= 11 is 1.20. The molecule has 0 aromatic carbocycles. The van der Waals surface area contributed by atoms with Crippen molar-refractivity contribution in [2.24, 2.45) is 5.92 Å². The molecule has 0 fully saturated rings. The van der Waals surface area contributed by atoms with E-state index in [-0.39, 0.29) is 11.8 Å². The lowest BCUT2D eigenvalue weighted by molar-refractivity contribution is -0.125. The number of carbonyl (C=O) groups excluding carboxylic acids is 1. The predicted octanol–water partition coefficient (Wildman–Crippen LogP) is 2.50. The summed E-state index contributed by atoms with van der Waals surface area (Å²) in [5.41, 5.74) is 0. The van der Waals surface area contributed by atoms with E-state index < -0.39 is 5.97 Å². The maximum atomic E-state index is 11.7. The fourth-order valence-electron chi connectivity index (χ4n) is 1.57. The van der Waals surface area contributed by atoms with Crippen molar-refractivity contribution < 1.29 is 14.7 Å². The number of thiophene rings is 1. The largest absolute Gasteiger partial charge is 0.477 e. The molecule has 5 heteroatoms. The highest BCUT2D eigenvalue weighted by molar-refractivity contribution is 7.13. The van der Waals surface area contributed by atoms with Crippen LogP contribution in [0.25, 0.3) is 0 Å². The van der Waals surface area contributed by atoms with Crippen LogP contribution in [0.2, 0.25) is 0 Å². The summed E-state index contributed by atoms with van der Waals surface area (Å²) in [6.07, 6.45) is 1.65. The van der Waals surface area contributed by atoms with Gasteiger partial charge >= 0.3 is 5.97 Å². The third-order valence-corrected chi connectivity index (χ3v) is 3.74. The van der Waals surface area contributed by atoms with E-state index >= 15 is 0 Å². The molecule has 0 saturated carbocycles. The van der Waals surface area contributed by atoms with E-state index in [1.807, 2.05) is 13.8 Å². The Balaban J connectivity index is 2.49. The first-order valence-corrected chi connectivity index (χ1v) is 6.49. The number of carboxylic acid groups (broad SMARTS) is 1. The lowest BCUT2D eigenvalue weighted by atomic mass is 10.0. The van der Waals surface area contributed by atoms with Crippen molar-refractivity contribution in [2.75, 3.05) is 0 Å². The molecule has 0 radical (unpaired) electrons. The van der Waals surface area contributed by atoms with E-state index in [0.29, 0.717) is 11.4 Å². The van der Waals surface area contributed by atoms with E-state index in [4.69, 9.17) is 5.11 Å². The molecule has 0 unspecified atom stereocenters. The van der Waals surface area contributed by atoms with Gasteiger partial charge in [0, 0.05) is 10.8 Å². The topological polar surface area (TPSA) is 66.4 Å². The molecular formula is C12H17NO3S. The van der Waals surface area contributed by atoms with Gasteiger partial charge in [0.1, 0.15) is 4.88 Å². The van der Waals surface area contributed by atoms with Crippen LogP contribution in [0, 0.1) is 5.92 Å². The van der Waals surface area contributed by atoms with Gasteiger partial charge in [0.25, 0.3) is 0 Å². The molecular weight excluding hydrogens is 238 g/mol. The van der Waals surface area contributed by atoms with Crippen LogP contribution in [0.4, 0.5) is 0 Å². The molecule has 2 N–H and O–H groups in total. The second-order valence-corrected chi connectivity index (χ2v) is 4.97. The van der Waals surface area contributed by atoms with E-state index in [2.05, 4.69) is 5.32 Å². The molecule has 0 saturated heterocycles. The summed E-state index contributed by atoms with van der Waals surface area (Å²) in [5.74, 6) is -0.832. The number of rotatable bonds is 6. The minimum Gasteiger partial charge on any atom is -0.477 e. The van der Waals surface area contributed by atoms with E-state index in [1.165, 1.54) is 11.3 Å². The summed E-state index contributed by atoms with van der Waals surface area (Å²) in [6.45, 7) is 4.39. The van der Waals surface area contributed by atoms with E-state index in [0.717, 1.165) is 17.7 Å². The quantitative estimate of drug-likeness (QED) is 0.820. The van der Waals surface area contributed by atoms with Crippen LogP contribution in [-0.2, 0) is 11.3 Å². The van der Waals surface area contributed by atoms with Gasteiger partial charge in [-0.2, -0.15) is 0 Å². The molecule has 1 rings (SSSR count). The third kappa shape index (κ3) is 3.85. The van der Waals surface area contributed by atoms with Gasteiger partial charge in [0.05, 0.1) is 6.54 Å². The first kappa shape index (κ1) is 13.7. The number of carboxylic acids is 1. The first-order chi connectivity index (χ1) is 8.08. The number of aromatic carboxylic acids is 1. The molecule has 0 aliphatic carbocycles. The maximum absolute atomic E-state index is 11.7. The molecule has 4 nitrogen and oxygen atoms in total. The Morgan fingerprint density at radius 2 is 2.00 bits per heavy atom. The Hall–Kier alpha value is -1.36. The zero-order valence-electron chi connectivity index (χ0n) is 10.0. The van der Waals surface area contributed by atoms with Crippen LogP contribution >= 0.6 is 11.3 Å². The van der Waals surface area contributed by atoms with E-state index in [1.54, 1.807) is 12.1 Å². The smallest absolute Gasteiger partial charge is 0.345 e. The van der Waals surface area contributed by atoms with Crippen LogP contribution < -0.4 is 5.32 Å². The number of carbonyl (C=O) groups is 2. The highest BCUT2D eigenvalue weighted by Gasteiger charge is 2.14. The van der Waals surface area contributed by atoms with Crippen LogP contribution in [0.3, 0.4) is 0 Å². The molecule has 94 valence electrons. The highest BCUT2D eigenvalue weighted by Crippen LogP contribution is 2.16. The van der Waals surface area contributed by atoms with Crippen LogP contribution in [-0.4, -0.2) is 17.0 Å². The fraction of sp³-hybridized carbons (Fsp3) is 0.500. The van der Waals surface area contributed by atoms with Crippen molar-refractivity contribution in [1.82, 2.24) is 5.32 Å². The molecule has 1 aromatic heterocycles. The highest BCUT2D eigenvalue weighted by atomic mass is 32.1. The minimum atomic E-state index is -0.924. The van der Waals surface area contributed by atoms with Gasteiger partial charge in [0.15, 0.2) is 0 Å². The second kappa shape index (κ2) is 6.39. The Morgan fingerprint density at radius 1 is 1.35 bits per heavy atom. The molecule has 0 spiro atoms. The summed E-state index contributed by atoms with van der Waals surface area (Å²) in [5, 5.41) is 11.6. The zero-order valence-corrected chi connectivity index (χ0v) is 10.8. The zero-order chi connectivity index (χ0) is 12.8. The maximum Gasteiger partial charge on any atom is 0.345 e. The fourth-order valence-corrected chi connectivity index (χ4v) is 2.35. The SMILES string of the molecule is CCC(CC)C(=O)NCc1ccc(C(=O)O)s1. The van der Waals surface area contributed by atoms with Gasteiger partial charge in [-0.3, -0.25) is 4.79 Å². The average molecular weight is 255 g/mol. The summed E-state index contributed by atoms with van der Waals surface area (Å²) in [6, 6.07) is 3.30. The predicted molar refractivity (Wildman–Crippen MR) is 67.2 cm³/mol. The molecule has 0 aliphatic rings. The lowest BCUT2D eigenvalue weighted by Crippen LogP contribution is -2.29. The minimum absolute atomic E-state index is 0.0419. The Bertz CT molecular complexity index is 396. The van der Waals surface area contributed by atoms with Crippen LogP contribution in [0.5, 0.6) is 0 Å². The second-order valence-electron chi connectivity index (χ2n) is 3.80. The van der Waals surface area contributed by atoms with Crippen LogP contribution in [0.15, 0.2) is 12.1 Å². The first-order valence-electron chi connectivity index (χ1n) is 5.68. The molecule has 1 aromatic rings. The number of nitrogens with one attached hydrogen (secondary N) is 1. The molecule has 1 heterocycles. The van der Waals surface area contributed by atoms with Gasteiger partial charge < -0.3 is 10.4 Å². The van der Waals surface area contributed by atoms with Crippen molar-refractivity contribution in [3.63, 3.8) is 0 Å². The van der Waals surface area contributed by atoms with E-state index in [9.17, 15) is 9.59 Å². The normalized spacial score (nSPS) is 10.5. The van der Waals surface area contributed by atoms with Crippen molar-refractivity contribution >= 4 is 23.2 Å². The number of hydrogen-bond acceptors (Lipinski definition) is 3. The van der Waals surface area contributed by atoms with Gasteiger partial charge in [0.2, 0.25) is 5.91 Å². The standard InChI is InChI=1S/C12H17NO3S/c1-3-8(4-2)11(14)13-7-9-5-6-10(17-9)12(15)16/h5-6,8H,3-4,7H2,1-2H3,(H,13,14)(H,15,16). The van der Waals surface area contributed by atoms with Gasteiger partial charge in [-0.05, 0) is 25.0 Å². The molecule has 17 heavy (non-hydrogen) atoms. The van der Waals surface area contributed by atoms with Crippen LogP contribution in [0.1, 0.15) is 41.2 Å². The summed E-state index contributed by atoms with van der Waals surface area (Å²) in [7, 11) is 0. The summed E-state index contributed by atoms with van der Waals surface area (Å²) < 4.78 is 0. The number of hydrogen-bond donors (Lipinski definition) is 2. The van der Waals surface area contributed by atoms with Gasteiger partial charge in [-0.15, -0.1) is 11.3 Å². The Kier molecular flexibility index (Phi) is 5.15. The molecule has 0 bridgehead atoms. The van der Waals surface area contributed by atoms with Crippen molar-refractivity contribution in [2.45, 2.75) is 33.2 Å². The van der Waals surface area contributed by atoms with Crippen molar-refractivity contribution in [1.29, 1.82) is 0 Å². The Morgan fingerprint density at radius 3 is 2.47 bits per heavy atom.